The number of rotatable bonds is 10. The standard InChI is InChI=1S/C23H32ClN3O5S/c1-3-4-14-23(25-19(16-28)20(24)26-23)15-17-8-10-18(11-9-17)33(31,32)27(2)22(21(29)30)12-6-5-7-13-22/h8-11,28H,3-7,12-16H2,1-2H3,(H,29,30). The molecule has 1 aromatic rings. The van der Waals surface area contributed by atoms with Crippen LogP contribution in [0.15, 0.2) is 39.1 Å². The normalized spacial score (nSPS) is 22.8. The van der Waals surface area contributed by atoms with Gasteiger partial charge in [-0.3, -0.25) is 9.79 Å². The first-order valence-corrected chi connectivity index (χ1v) is 13.2. The van der Waals surface area contributed by atoms with Crippen LogP contribution in [0.2, 0.25) is 0 Å². The Kier molecular flexibility index (Phi) is 7.99. The van der Waals surface area contributed by atoms with E-state index in [0.717, 1.165) is 29.1 Å². The van der Waals surface area contributed by atoms with E-state index >= 15 is 0 Å². The molecule has 0 spiro atoms. The molecule has 1 heterocycles. The van der Waals surface area contributed by atoms with Gasteiger partial charge in [-0.25, -0.2) is 13.4 Å². The minimum atomic E-state index is -3.99. The number of aliphatic hydroxyl groups is 1. The van der Waals surface area contributed by atoms with Crippen LogP contribution < -0.4 is 0 Å². The molecule has 182 valence electrons. The summed E-state index contributed by atoms with van der Waals surface area (Å²) in [6.07, 6.45) is 5.80. The predicted molar refractivity (Wildman–Crippen MR) is 129 cm³/mol. The number of aliphatic carboxylic acids is 1. The molecule has 0 bridgehead atoms. The van der Waals surface area contributed by atoms with Gasteiger partial charge < -0.3 is 10.2 Å². The van der Waals surface area contributed by atoms with Crippen molar-refractivity contribution in [2.75, 3.05) is 13.7 Å². The number of likely N-dealkylation sites (N-methyl/N-ethyl adjacent to an activating group) is 1. The minimum Gasteiger partial charge on any atom is -0.480 e. The monoisotopic (exact) mass is 497 g/mol. The summed E-state index contributed by atoms with van der Waals surface area (Å²) in [5.74, 6) is -1.10. The fourth-order valence-electron chi connectivity index (χ4n) is 4.70. The highest BCUT2D eigenvalue weighted by atomic mass is 35.5. The van der Waals surface area contributed by atoms with Crippen molar-refractivity contribution in [3.8, 4) is 0 Å². The number of carboxylic acids is 1. The van der Waals surface area contributed by atoms with Gasteiger partial charge in [0.25, 0.3) is 0 Å². The number of hydrogen-bond acceptors (Lipinski definition) is 6. The molecule has 0 radical (unpaired) electrons. The van der Waals surface area contributed by atoms with Crippen LogP contribution in [0.25, 0.3) is 0 Å². The molecule has 1 saturated carbocycles. The molecular weight excluding hydrogens is 466 g/mol. The van der Waals surface area contributed by atoms with Crippen LogP contribution in [-0.2, 0) is 21.2 Å². The lowest BCUT2D eigenvalue weighted by molar-refractivity contribution is -0.149. The van der Waals surface area contributed by atoms with Crippen LogP contribution in [0.5, 0.6) is 0 Å². The quantitative estimate of drug-likeness (QED) is 0.511. The van der Waals surface area contributed by atoms with E-state index in [1.807, 2.05) is 0 Å². The molecule has 2 aliphatic rings. The first-order valence-electron chi connectivity index (χ1n) is 11.4. The molecule has 1 aliphatic carbocycles. The van der Waals surface area contributed by atoms with Crippen LogP contribution in [0, 0.1) is 0 Å². The molecule has 0 saturated heterocycles. The highest BCUT2D eigenvalue weighted by Gasteiger charge is 2.48. The Morgan fingerprint density at radius 3 is 2.30 bits per heavy atom. The van der Waals surface area contributed by atoms with E-state index in [1.165, 1.54) is 19.2 Å². The Bertz CT molecular complexity index is 1030. The number of aliphatic imine (C=N–C) groups is 2. The third-order valence-electron chi connectivity index (χ3n) is 6.72. The lowest BCUT2D eigenvalue weighted by atomic mass is 9.82. The second-order valence-electron chi connectivity index (χ2n) is 8.90. The first kappa shape index (κ1) is 25.8. The van der Waals surface area contributed by atoms with Gasteiger partial charge >= 0.3 is 5.97 Å². The number of carboxylic acid groups (broad SMARTS) is 1. The summed E-state index contributed by atoms with van der Waals surface area (Å²) in [5.41, 5.74) is -1.03. The van der Waals surface area contributed by atoms with E-state index in [9.17, 15) is 23.4 Å². The van der Waals surface area contributed by atoms with Gasteiger partial charge in [0.2, 0.25) is 10.0 Å². The van der Waals surface area contributed by atoms with Crippen molar-refractivity contribution in [3.05, 3.63) is 29.8 Å². The van der Waals surface area contributed by atoms with Crippen molar-refractivity contribution in [1.29, 1.82) is 0 Å². The molecule has 0 amide bonds. The maximum atomic E-state index is 13.3. The number of aliphatic hydroxyl groups excluding tert-OH is 1. The topological polar surface area (TPSA) is 120 Å². The molecule has 2 N–H and O–H groups in total. The summed E-state index contributed by atoms with van der Waals surface area (Å²) >= 11 is 6.17. The van der Waals surface area contributed by atoms with E-state index in [2.05, 4.69) is 16.9 Å². The smallest absolute Gasteiger partial charge is 0.325 e. The lowest BCUT2D eigenvalue weighted by Gasteiger charge is -2.40. The summed E-state index contributed by atoms with van der Waals surface area (Å²) in [4.78, 5) is 21.2. The summed E-state index contributed by atoms with van der Waals surface area (Å²) in [7, 11) is -2.63. The Balaban J connectivity index is 1.85. The zero-order chi connectivity index (χ0) is 24.3. The predicted octanol–water partition coefficient (Wildman–Crippen LogP) is 3.61. The fraction of sp³-hybridized carbons (Fsp3) is 0.609. The largest absolute Gasteiger partial charge is 0.480 e. The molecule has 33 heavy (non-hydrogen) atoms. The molecule has 1 fully saturated rings. The van der Waals surface area contributed by atoms with E-state index in [1.54, 1.807) is 12.1 Å². The Morgan fingerprint density at radius 2 is 1.79 bits per heavy atom. The molecule has 0 aromatic heterocycles. The fourth-order valence-corrected chi connectivity index (χ4v) is 6.48. The van der Waals surface area contributed by atoms with Gasteiger partial charge in [0.05, 0.1) is 11.5 Å². The maximum Gasteiger partial charge on any atom is 0.325 e. The Morgan fingerprint density at radius 1 is 1.15 bits per heavy atom. The number of unbranched alkanes of at least 4 members (excludes halogenated alkanes) is 1. The van der Waals surface area contributed by atoms with Gasteiger partial charge in [0.1, 0.15) is 16.4 Å². The van der Waals surface area contributed by atoms with Crippen LogP contribution in [0.4, 0.5) is 0 Å². The lowest BCUT2D eigenvalue weighted by Crippen LogP contribution is -2.56. The summed E-state index contributed by atoms with van der Waals surface area (Å²) in [5, 5.41) is 19.6. The van der Waals surface area contributed by atoms with Crippen molar-refractivity contribution < 1.29 is 23.4 Å². The van der Waals surface area contributed by atoms with Crippen molar-refractivity contribution in [2.45, 2.75) is 80.8 Å². The van der Waals surface area contributed by atoms with Gasteiger partial charge in [0, 0.05) is 13.5 Å². The van der Waals surface area contributed by atoms with Gasteiger partial charge in [-0.05, 0) is 43.4 Å². The third-order valence-corrected chi connectivity index (χ3v) is 8.96. The van der Waals surface area contributed by atoms with Gasteiger partial charge in [-0.1, -0.05) is 56.3 Å². The van der Waals surface area contributed by atoms with Gasteiger partial charge in [-0.2, -0.15) is 4.31 Å². The van der Waals surface area contributed by atoms with E-state index in [-0.39, 0.29) is 16.7 Å². The molecule has 8 nitrogen and oxygen atoms in total. The average molecular weight is 498 g/mol. The van der Waals surface area contributed by atoms with E-state index in [4.69, 9.17) is 11.6 Å². The van der Waals surface area contributed by atoms with Crippen LogP contribution in [-0.4, -0.2) is 64.6 Å². The molecule has 1 atom stereocenters. The average Bonchev–Trinajstić information content (AvgIpc) is 3.13. The summed E-state index contributed by atoms with van der Waals surface area (Å²) in [6, 6.07) is 6.42. The van der Waals surface area contributed by atoms with Crippen molar-refractivity contribution in [2.24, 2.45) is 9.98 Å². The molecule has 3 rings (SSSR count). The second kappa shape index (κ2) is 10.2. The Labute approximate surface area is 200 Å². The third kappa shape index (κ3) is 5.16. The molecule has 1 unspecified atom stereocenters. The van der Waals surface area contributed by atoms with Gasteiger partial charge in [0.15, 0.2) is 5.66 Å². The zero-order valence-electron chi connectivity index (χ0n) is 19.1. The summed E-state index contributed by atoms with van der Waals surface area (Å²) < 4.78 is 27.6. The molecular formula is C23H32ClN3O5S. The highest BCUT2D eigenvalue weighted by molar-refractivity contribution is 7.89. The van der Waals surface area contributed by atoms with Gasteiger partial charge in [-0.15, -0.1) is 0 Å². The Hall–Kier alpha value is -1.81. The van der Waals surface area contributed by atoms with E-state index < -0.39 is 27.2 Å². The number of benzene rings is 1. The molecule has 1 aliphatic heterocycles. The van der Waals surface area contributed by atoms with Crippen molar-refractivity contribution in [1.82, 2.24) is 4.31 Å². The molecule has 1 aromatic carbocycles. The van der Waals surface area contributed by atoms with Crippen molar-refractivity contribution >= 4 is 38.5 Å². The number of sulfonamides is 1. The first-order chi connectivity index (χ1) is 15.6. The number of halogens is 1. The van der Waals surface area contributed by atoms with Crippen LogP contribution >= 0.6 is 11.6 Å². The SMILES string of the molecule is CCCCC1(Cc2ccc(S(=O)(=O)N(C)C3(C(=O)O)CCCCC3)cc2)N=C(Cl)C(CO)=N1. The molecule has 10 heteroatoms. The number of carbonyl (C=O) groups is 1. The number of nitrogens with zero attached hydrogens (tertiary/aromatic N) is 3. The van der Waals surface area contributed by atoms with Crippen molar-refractivity contribution in [3.63, 3.8) is 0 Å². The van der Waals surface area contributed by atoms with Crippen LogP contribution in [0.1, 0.15) is 63.9 Å². The highest BCUT2D eigenvalue weighted by Crippen LogP contribution is 2.37. The maximum absolute atomic E-state index is 13.3. The van der Waals surface area contributed by atoms with Crippen LogP contribution in [0.3, 0.4) is 0 Å². The van der Waals surface area contributed by atoms with E-state index in [0.29, 0.717) is 44.2 Å². The number of hydrogen-bond donors (Lipinski definition) is 2. The second-order valence-corrected chi connectivity index (χ2v) is 11.2. The summed E-state index contributed by atoms with van der Waals surface area (Å²) in [6.45, 7) is 1.78. The zero-order valence-corrected chi connectivity index (χ0v) is 20.7. The minimum absolute atomic E-state index is 0.0510.